The van der Waals surface area contributed by atoms with E-state index in [9.17, 15) is 9.18 Å². The fourth-order valence-corrected chi connectivity index (χ4v) is 2.98. The van der Waals surface area contributed by atoms with Crippen LogP contribution in [0.4, 0.5) is 4.39 Å². The molecule has 0 radical (unpaired) electrons. The van der Waals surface area contributed by atoms with Crippen molar-refractivity contribution >= 4 is 39.2 Å². The predicted octanol–water partition coefficient (Wildman–Crippen LogP) is 4.02. The molecule has 1 N–H and O–H groups in total. The molecule has 5 heteroatoms. The SMILES string of the molecule is O=C(/C=C/c1ccc(Br)s1)NCCc1ccccc1F. The van der Waals surface area contributed by atoms with Gasteiger partial charge in [-0.25, -0.2) is 4.39 Å². The van der Waals surface area contributed by atoms with Crippen LogP contribution in [-0.2, 0) is 11.2 Å². The third-order valence-corrected chi connectivity index (χ3v) is 4.23. The second-order valence-corrected chi connectivity index (χ2v) is 6.60. The van der Waals surface area contributed by atoms with E-state index in [1.54, 1.807) is 35.6 Å². The summed E-state index contributed by atoms with van der Waals surface area (Å²) in [6.07, 6.45) is 3.73. The van der Waals surface area contributed by atoms with Gasteiger partial charge in [-0.1, -0.05) is 18.2 Å². The first-order chi connectivity index (χ1) is 9.65. The van der Waals surface area contributed by atoms with E-state index in [4.69, 9.17) is 0 Å². The summed E-state index contributed by atoms with van der Waals surface area (Å²) in [4.78, 5) is 12.6. The molecule has 1 aromatic carbocycles. The van der Waals surface area contributed by atoms with Crippen LogP contribution < -0.4 is 5.32 Å². The molecule has 0 unspecified atom stereocenters. The molecule has 2 aromatic rings. The van der Waals surface area contributed by atoms with Gasteiger partial charge in [0.2, 0.25) is 5.91 Å². The highest BCUT2D eigenvalue weighted by Crippen LogP contribution is 2.22. The number of nitrogens with one attached hydrogen (secondary N) is 1. The van der Waals surface area contributed by atoms with Crippen molar-refractivity contribution in [3.05, 3.63) is 62.5 Å². The smallest absolute Gasteiger partial charge is 0.244 e. The fourth-order valence-electron chi connectivity index (χ4n) is 1.66. The lowest BCUT2D eigenvalue weighted by molar-refractivity contribution is -0.116. The number of amides is 1. The minimum atomic E-state index is -0.235. The molecule has 0 aliphatic heterocycles. The molecule has 2 nitrogen and oxygen atoms in total. The summed E-state index contributed by atoms with van der Waals surface area (Å²) in [6, 6.07) is 10.4. The van der Waals surface area contributed by atoms with Gasteiger partial charge in [0.05, 0.1) is 3.79 Å². The van der Waals surface area contributed by atoms with Gasteiger partial charge in [0.15, 0.2) is 0 Å². The van der Waals surface area contributed by atoms with E-state index < -0.39 is 0 Å². The largest absolute Gasteiger partial charge is 0.352 e. The van der Waals surface area contributed by atoms with Crippen molar-refractivity contribution in [3.8, 4) is 0 Å². The van der Waals surface area contributed by atoms with Gasteiger partial charge < -0.3 is 5.32 Å². The summed E-state index contributed by atoms with van der Waals surface area (Å²) >= 11 is 4.91. The molecule has 0 saturated carbocycles. The van der Waals surface area contributed by atoms with Crippen LogP contribution in [0.5, 0.6) is 0 Å². The molecule has 2 rings (SSSR count). The van der Waals surface area contributed by atoms with Gasteiger partial charge in [-0.2, -0.15) is 0 Å². The molecule has 104 valence electrons. The quantitative estimate of drug-likeness (QED) is 0.808. The van der Waals surface area contributed by atoms with E-state index in [0.29, 0.717) is 18.5 Å². The first kappa shape index (κ1) is 14.9. The van der Waals surface area contributed by atoms with Crippen molar-refractivity contribution in [3.63, 3.8) is 0 Å². The zero-order chi connectivity index (χ0) is 14.4. The molecule has 1 heterocycles. The van der Waals surface area contributed by atoms with Crippen molar-refractivity contribution in [1.29, 1.82) is 0 Å². The molecule has 0 saturated heterocycles. The van der Waals surface area contributed by atoms with Gasteiger partial charge >= 0.3 is 0 Å². The lowest BCUT2D eigenvalue weighted by Crippen LogP contribution is -2.23. The van der Waals surface area contributed by atoms with Gasteiger partial charge in [-0.3, -0.25) is 4.79 Å². The third kappa shape index (κ3) is 4.58. The van der Waals surface area contributed by atoms with Crippen LogP contribution in [0.3, 0.4) is 0 Å². The summed E-state index contributed by atoms with van der Waals surface area (Å²) in [7, 11) is 0. The Hall–Kier alpha value is -1.46. The van der Waals surface area contributed by atoms with E-state index in [0.717, 1.165) is 8.66 Å². The lowest BCUT2D eigenvalue weighted by atomic mass is 10.1. The maximum atomic E-state index is 13.4. The van der Waals surface area contributed by atoms with Crippen molar-refractivity contribution in [2.24, 2.45) is 0 Å². The van der Waals surface area contributed by atoms with E-state index in [-0.39, 0.29) is 11.7 Å². The van der Waals surface area contributed by atoms with Crippen LogP contribution in [0.2, 0.25) is 0 Å². The molecule has 0 aliphatic carbocycles. The number of hydrogen-bond acceptors (Lipinski definition) is 2. The maximum Gasteiger partial charge on any atom is 0.244 e. The standard InChI is InChI=1S/C15H13BrFNOS/c16-14-7-5-12(20-14)6-8-15(19)18-10-9-11-3-1-2-4-13(11)17/h1-8H,9-10H2,(H,18,19)/b8-6+. The molecular formula is C15H13BrFNOS. The first-order valence-electron chi connectivity index (χ1n) is 6.10. The van der Waals surface area contributed by atoms with Gasteiger partial charge in [0.25, 0.3) is 0 Å². The minimum absolute atomic E-state index is 0.175. The van der Waals surface area contributed by atoms with Crippen molar-refractivity contribution < 1.29 is 9.18 Å². The Labute approximate surface area is 129 Å². The van der Waals surface area contributed by atoms with Gasteiger partial charge in [-0.05, 0) is 52.2 Å². The van der Waals surface area contributed by atoms with Crippen LogP contribution in [0.25, 0.3) is 6.08 Å². The predicted molar refractivity (Wildman–Crippen MR) is 84.2 cm³/mol. The Morgan fingerprint density at radius 2 is 2.10 bits per heavy atom. The van der Waals surface area contributed by atoms with Crippen molar-refractivity contribution in [1.82, 2.24) is 5.32 Å². The lowest BCUT2D eigenvalue weighted by Gasteiger charge is -2.03. The number of carbonyl (C=O) groups is 1. The maximum absolute atomic E-state index is 13.4. The van der Waals surface area contributed by atoms with Crippen LogP contribution >= 0.6 is 27.3 Å². The minimum Gasteiger partial charge on any atom is -0.352 e. The summed E-state index contributed by atoms with van der Waals surface area (Å²) < 4.78 is 14.4. The van der Waals surface area contributed by atoms with Crippen LogP contribution in [0, 0.1) is 5.82 Å². The van der Waals surface area contributed by atoms with E-state index in [1.807, 2.05) is 12.1 Å². The molecule has 0 bridgehead atoms. The van der Waals surface area contributed by atoms with Crippen molar-refractivity contribution in [2.75, 3.05) is 6.54 Å². The second-order valence-electron chi connectivity index (χ2n) is 4.11. The average Bonchev–Trinajstić information content (AvgIpc) is 2.84. The topological polar surface area (TPSA) is 29.1 Å². The van der Waals surface area contributed by atoms with Gasteiger partial charge in [-0.15, -0.1) is 11.3 Å². The summed E-state index contributed by atoms with van der Waals surface area (Å²) in [5.41, 5.74) is 0.610. The Balaban J connectivity index is 1.78. The van der Waals surface area contributed by atoms with E-state index >= 15 is 0 Å². The molecule has 0 atom stereocenters. The normalized spacial score (nSPS) is 10.9. The zero-order valence-electron chi connectivity index (χ0n) is 10.6. The number of halogens is 2. The Bertz CT molecular complexity index is 624. The van der Waals surface area contributed by atoms with E-state index in [1.165, 1.54) is 12.1 Å². The third-order valence-electron chi connectivity index (χ3n) is 2.64. The second kappa shape index (κ2) is 7.36. The van der Waals surface area contributed by atoms with E-state index in [2.05, 4.69) is 21.2 Å². The molecule has 1 aromatic heterocycles. The fraction of sp³-hybridized carbons (Fsp3) is 0.133. The molecule has 1 amide bonds. The highest BCUT2D eigenvalue weighted by atomic mass is 79.9. The average molecular weight is 354 g/mol. The summed E-state index contributed by atoms with van der Waals surface area (Å²) in [5, 5.41) is 2.74. The molecule has 0 spiro atoms. The van der Waals surface area contributed by atoms with Gasteiger partial charge in [0.1, 0.15) is 5.82 Å². The Kier molecular flexibility index (Phi) is 5.49. The highest BCUT2D eigenvalue weighted by Gasteiger charge is 2.01. The molecule has 0 aliphatic rings. The van der Waals surface area contributed by atoms with Crippen molar-refractivity contribution in [2.45, 2.75) is 6.42 Å². The number of benzene rings is 1. The number of rotatable bonds is 5. The number of carbonyl (C=O) groups excluding carboxylic acids is 1. The molecular weight excluding hydrogens is 341 g/mol. The first-order valence-corrected chi connectivity index (χ1v) is 7.71. The monoisotopic (exact) mass is 353 g/mol. The molecule has 0 fully saturated rings. The van der Waals surface area contributed by atoms with Crippen LogP contribution in [-0.4, -0.2) is 12.5 Å². The summed E-state index contributed by atoms with van der Waals surface area (Å²) in [6.45, 7) is 0.415. The summed E-state index contributed by atoms with van der Waals surface area (Å²) in [5.74, 6) is -0.411. The molecule has 20 heavy (non-hydrogen) atoms. The Morgan fingerprint density at radius 3 is 2.80 bits per heavy atom. The number of hydrogen-bond donors (Lipinski definition) is 1. The highest BCUT2D eigenvalue weighted by molar-refractivity contribution is 9.11. The van der Waals surface area contributed by atoms with Crippen LogP contribution in [0.15, 0.2) is 46.3 Å². The van der Waals surface area contributed by atoms with Gasteiger partial charge in [0, 0.05) is 17.5 Å². The number of thiophene rings is 1. The van der Waals surface area contributed by atoms with Crippen LogP contribution in [0.1, 0.15) is 10.4 Å². The zero-order valence-corrected chi connectivity index (χ0v) is 13.0. The Morgan fingerprint density at radius 1 is 1.30 bits per heavy atom.